The Kier molecular flexibility index (Phi) is 5.68. The quantitative estimate of drug-likeness (QED) is 0.342. The number of aryl methyl sites for hydroxylation is 1. The molecular formula is C25H21FN4O2S. The lowest BCUT2D eigenvalue weighted by atomic mass is 10.1. The molecule has 5 rings (SSSR count). The number of halogens is 1. The van der Waals surface area contributed by atoms with E-state index in [1.165, 1.54) is 16.7 Å². The van der Waals surface area contributed by atoms with E-state index in [0.29, 0.717) is 27.4 Å². The summed E-state index contributed by atoms with van der Waals surface area (Å²) in [6.07, 6.45) is 3.51. The number of benzene rings is 2. The van der Waals surface area contributed by atoms with E-state index < -0.39 is 5.25 Å². The second kappa shape index (κ2) is 8.78. The first-order valence-electron chi connectivity index (χ1n) is 10.7. The van der Waals surface area contributed by atoms with Crippen LogP contribution in [0.4, 0.5) is 4.39 Å². The van der Waals surface area contributed by atoms with E-state index in [0.717, 1.165) is 30.2 Å². The second-order valence-electron chi connectivity index (χ2n) is 8.03. The number of pyridine rings is 1. The Balaban J connectivity index is 1.67. The maximum atomic E-state index is 13.6. The van der Waals surface area contributed by atoms with Crippen molar-refractivity contribution in [3.8, 4) is 5.82 Å². The van der Waals surface area contributed by atoms with Gasteiger partial charge >= 0.3 is 0 Å². The van der Waals surface area contributed by atoms with Crippen molar-refractivity contribution >= 4 is 28.6 Å². The van der Waals surface area contributed by atoms with Gasteiger partial charge in [0.05, 0.1) is 10.9 Å². The largest absolute Gasteiger partial charge is 0.352 e. The van der Waals surface area contributed by atoms with Crippen LogP contribution in [0.1, 0.15) is 29.2 Å². The van der Waals surface area contributed by atoms with Gasteiger partial charge in [-0.3, -0.25) is 9.59 Å². The Morgan fingerprint density at radius 2 is 1.88 bits per heavy atom. The fraction of sp³-hybridized carbons (Fsp3) is 0.200. The molecule has 1 amide bonds. The smallest absolute Gasteiger partial charge is 0.267 e. The molecule has 1 saturated carbocycles. The molecule has 0 spiro atoms. The number of carbonyl (C=O) groups excluding carboxylic acids is 1. The third kappa shape index (κ3) is 4.39. The van der Waals surface area contributed by atoms with Crippen molar-refractivity contribution in [3.05, 3.63) is 94.2 Å². The molecule has 2 aromatic carbocycles. The molecule has 1 N–H and O–H groups in total. The highest BCUT2D eigenvalue weighted by Crippen LogP contribution is 2.36. The van der Waals surface area contributed by atoms with Crippen LogP contribution in [0.2, 0.25) is 0 Å². The number of hydrogen-bond donors (Lipinski definition) is 1. The maximum Gasteiger partial charge on any atom is 0.267 e. The number of para-hydroxylation sites is 1. The van der Waals surface area contributed by atoms with Gasteiger partial charge in [0.15, 0.2) is 5.16 Å². The van der Waals surface area contributed by atoms with Gasteiger partial charge in [-0.05, 0) is 61.2 Å². The van der Waals surface area contributed by atoms with Gasteiger partial charge in [-0.1, -0.05) is 42.1 Å². The summed E-state index contributed by atoms with van der Waals surface area (Å²) in [4.78, 5) is 35.9. The van der Waals surface area contributed by atoms with Crippen molar-refractivity contribution in [2.45, 2.75) is 36.2 Å². The first-order valence-corrected chi connectivity index (χ1v) is 11.6. The highest BCUT2D eigenvalue weighted by molar-refractivity contribution is 8.00. The lowest BCUT2D eigenvalue weighted by Crippen LogP contribution is -2.31. The number of rotatable bonds is 6. The summed E-state index contributed by atoms with van der Waals surface area (Å²) >= 11 is 1.16. The zero-order valence-corrected chi connectivity index (χ0v) is 18.7. The number of thioether (sulfide) groups is 1. The van der Waals surface area contributed by atoms with Crippen LogP contribution in [0.3, 0.4) is 0 Å². The number of hydrogen-bond acceptors (Lipinski definition) is 5. The molecule has 1 aliphatic rings. The number of fused-ring (bicyclic) bond motifs is 1. The number of amides is 1. The highest BCUT2D eigenvalue weighted by Gasteiger charge is 2.31. The van der Waals surface area contributed by atoms with Crippen molar-refractivity contribution in [3.63, 3.8) is 0 Å². The van der Waals surface area contributed by atoms with Crippen molar-refractivity contribution in [2.75, 3.05) is 0 Å². The first-order chi connectivity index (χ1) is 16.0. The van der Waals surface area contributed by atoms with Crippen LogP contribution >= 0.6 is 11.8 Å². The summed E-state index contributed by atoms with van der Waals surface area (Å²) in [5.41, 5.74) is 1.71. The molecule has 0 bridgehead atoms. The third-order valence-electron chi connectivity index (χ3n) is 5.50. The monoisotopic (exact) mass is 460 g/mol. The Bertz CT molecular complexity index is 1400. The normalized spacial score (nSPS) is 14.2. The lowest BCUT2D eigenvalue weighted by Gasteiger charge is -2.19. The Morgan fingerprint density at radius 1 is 1.12 bits per heavy atom. The van der Waals surface area contributed by atoms with Crippen LogP contribution in [0.15, 0.2) is 76.8 Å². The predicted octanol–water partition coefficient (Wildman–Crippen LogP) is 4.34. The van der Waals surface area contributed by atoms with E-state index in [2.05, 4.69) is 10.3 Å². The molecule has 1 unspecified atom stereocenters. The predicted molar refractivity (Wildman–Crippen MR) is 126 cm³/mol. The van der Waals surface area contributed by atoms with Crippen LogP contribution in [0.5, 0.6) is 0 Å². The van der Waals surface area contributed by atoms with Gasteiger partial charge in [-0.15, -0.1) is 0 Å². The van der Waals surface area contributed by atoms with Crippen molar-refractivity contribution < 1.29 is 9.18 Å². The van der Waals surface area contributed by atoms with Crippen LogP contribution in [0, 0.1) is 12.7 Å². The van der Waals surface area contributed by atoms with Crippen LogP contribution in [0.25, 0.3) is 16.7 Å². The minimum Gasteiger partial charge on any atom is -0.352 e. The van der Waals surface area contributed by atoms with E-state index in [9.17, 15) is 14.0 Å². The molecule has 6 nitrogen and oxygen atoms in total. The summed E-state index contributed by atoms with van der Waals surface area (Å²) < 4.78 is 15.0. The van der Waals surface area contributed by atoms with E-state index >= 15 is 0 Å². The fourth-order valence-corrected chi connectivity index (χ4v) is 4.72. The van der Waals surface area contributed by atoms with Crippen molar-refractivity contribution in [1.29, 1.82) is 0 Å². The van der Waals surface area contributed by atoms with E-state index in [4.69, 9.17) is 4.98 Å². The molecular weight excluding hydrogens is 439 g/mol. The summed E-state index contributed by atoms with van der Waals surface area (Å²) in [6.45, 7) is 1.87. The van der Waals surface area contributed by atoms with Crippen molar-refractivity contribution in [2.24, 2.45) is 0 Å². The minimum atomic E-state index is -0.713. The average Bonchev–Trinajstić information content (AvgIpc) is 3.63. The molecule has 1 aliphatic carbocycles. The average molecular weight is 461 g/mol. The molecule has 0 aliphatic heterocycles. The summed E-state index contributed by atoms with van der Waals surface area (Å²) in [7, 11) is 0. The Labute approximate surface area is 193 Å². The standard InChI is InChI=1S/C25H21FN4O2S/c1-15-5-4-14-27-22(15)30-24(32)19-6-2-3-7-20(19)29-25(30)33-21(23(31)28-18-12-13-18)16-8-10-17(26)11-9-16/h2-11,14,18,21H,12-13H2,1H3,(H,28,31). The zero-order chi connectivity index (χ0) is 22.9. The van der Waals surface area contributed by atoms with Crippen molar-refractivity contribution in [1.82, 2.24) is 19.9 Å². The molecule has 1 atom stereocenters. The van der Waals surface area contributed by atoms with Gasteiger partial charge in [0.1, 0.15) is 16.9 Å². The number of aromatic nitrogens is 3. The number of nitrogens with one attached hydrogen (secondary N) is 1. The molecule has 2 heterocycles. The Morgan fingerprint density at radius 3 is 2.61 bits per heavy atom. The maximum absolute atomic E-state index is 13.6. The molecule has 0 saturated heterocycles. The lowest BCUT2D eigenvalue weighted by molar-refractivity contribution is -0.120. The van der Waals surface area contributed by atoms with Crippen LogP contribution < -0.4 is 10.9 Å². The fourth-order valence-electron chi connectivity index (χ4n) is 3.61. The zero-order valence-electron chi connectivity index (χ0n) is 17.9. The molecule has 33 heavy (non-hydrogen) atoms. The highest BCUT2D eigenvalue weighted by atomic mass is 32.2. The summed E-state index contributed by atoms with van der Waals surface area (Å²) in [6, 6.07) is 16.8. The van der Waals surface area contributed by atoms with Gasteiger partial charge in [0.25, 0.3) is 5.56 Å². The van der Waals surface area contributed by atoms with Crippen LogP contribution in [-0.2, 0) is 4.79 Å². The number of nitrogens with zero attached hydrogens (tertiary/aromatic N) is 3. The molecule has 2 aromatic heterocycles. The molecule has 166 valence electrons. The second-order valence-corrected chi connectivity index (χ2v) is 9.10. The number of carbonyl (C=O) groups is 1. The van der Waals surface area contributed by atoms with Gasteiger partial charge < -0.3 is 5.32 Å². The van der Waals surface area contributed by atoms with Gasteiger partial charge in [0.2, 0.25) is 5.91 Å². The van der Waals surface area contributed by atoms with E-state index in [-0.39, 0.29) is 23.3 Å². The summed E-state index contributed by atoms with van der Waals surface area (Å²) in [5.74, 6) is -0.112. The van der Waals surface area contributed by atoms with E-state index in [1.54, 1.807) is 42.6 Å². The summed E-state index contributed by atoms with van der Waals surface area (Å²) in [5, 5.41) is 3.13. The minimum absolute atomic E-state index is 0.158. The first kappa shape index (κ1) is 21.3. The topological polar surface area (TPSA) is 76.9 Å². The molecule has 1 fully saturated rings. The SMILES string of the molecule is Cc1cccnc1-n1c(SC(C(=O)NC2CC2)c2ccc(F)cc2)nc2ccccc2c1=O. The third-order valence-corrected chi connectivity index (χ3v) is 6.70. The molecule has 0 radical (unpaired) electrons. The van der Waals surface area contributed by atoms with E-state index in [1.807, 2.05) is 19.1 Å². The van der Waals surface area contributed by atoms with Crippen LogP contribution in [-0.4, -0.2) is 26.5 Å². The molecule has 8 heteroatoms. The van der Waals surface area contributed by atoms with Gasteiger partial charge in [0, 0.05) is 12.2 Å². The van der Waals surface area contributed by atoms with Gasteiger partial charge in [-0.25, -0.2) is 18.9 Å². The Hall–Kier alpha value is -3.52. The van der Waals surface area contributed by atoms with Gasteiger partial charge in [-0.2, -0.15) is 0 Å². The molecule has 4 aromatic rings.